The number of ketones is 1. The monoisotopic (exact) mass is 250 g/mol. The maximum absolute atomic E-state index is 11.6. The first-order valence-electron chi connectivity index (χ1n) is 3.83. The lowest BCUT2D eigenvalue weighted by atomic mass is 10.4. The Morgan fingerprint density at radius 3 is 2.64 bits per heavy atom. The predicted octanol–water partition coefficient (Wildman–Crippen LogP) is 2.69. The summed E-state index contributed by atoms with van der Waals surface area (Å²) in [6, 6.07) is 4.69. The van der Waals surface area contributed by atoms with Gasteiger partial charge in [0.05, 0.1) is 26.5 Å². The van der Waals surface area contributed by atoms with Crippen LogP contribution in [0.5, 0.6) is 0 Å². The van der Waals surface area contributed by atoms with E-state index < -0.39 is 10.8 Å². The van der Waals surface area contributed by atoms with Crippen molar-refractivity contribution in [1.29, 1.82) is 0 Å². The molecule has 0 radical (unpaired) electrons. The Kier molecular flexibility index (Phi) is 4.11. The van der Waals surface area contributed by atoms with E-state index in [1.807, 2.05) is 0 Å². The van der Waals surface area contributed by atoms with Gasteiger partial charge in [0.2, 0.25) is 0 Å². The summed E-state index contributed by atoms with van der Waals surface area (Å²) in [5.74, 6) is -0.167. The van der Waals surface area contributed by atoms with Gasteiger partial charge in [0.1, 0.15) is 5.78 Å². The van der Waals surface area contributed by atoms with Crippen molar-refractivity contribution in [1.82, 2.24) is 0 Å². The topological polar surface area (TPSA) is 34.1 Å². The van der Waals surface area contributed by atoms with Gasteiger partial charge in [0.15, 0.2) is 0 Å². The minimum Gasteiger partial charge on any atom is -0.299 e. The van der Waals surface area contributed by atoms with Crippen molar-refractivity contribution in [3.63, 3.8) is 0 Å². The molecular formula is C9H8Cl2O2S. The smallest absolute Gasteiger partial charge is 0.142 e. The zero-order valence-electron chi connectivity index (χ0n) is 7.42. The molecule has 0 N–H and O–H groups in total. The highest BCUT2D eigenvalue weighted by atomic mass is 35.5. The van der Waals surface area contributed by atoms with Gasteiger partial charge in [-0.2, -0.15) is 0 Å². The van der Waals surface area contributed by atoms with E-state index in [1.165, 1.54) is 13.0 Å². The third kappa shape index (κ3) is 3.08. The van der Waals surface area contributed by atoms with E-state index >= 15 is 0 Å². The summed E-state index contributed by atoms with van der Waals surface area (Å²) in [5.41, 5.74) is 0. The molecule has 0 saturated heterocycles. The lowest BCUT2D eigenvalue weighted by Gasteiger charge is -2.02. The molecule has 0 fully saturated rings. The zero-order chi connectivity index (χ0) is 10.7. The van der Waals surface area contributed by atoms with E-state index in [1.54, 1.807) is 12.1 Å². The van der Waals surface area contributed by atoms with Crippen LogP contribution in [0.4, 0.5) is 0 Å². The summed E-state index contributed by atoms with van der Waals surface area (Å²) in [5, 5.41) is 0.829. The third-order valence-electron chi connectivity index (χ3n) is 1.47. The van der Waals surface area contributed by atoms with Crippen LogP contribution in [0, 0.1) is 0 Å². The summed E-state index contributed by atoms with van der Waals surface area (Å²) in [6.45, 7) is 1.39. The molecule has 0 spiro atoms. The number of rotatable bonds is 3. The fraction of sp³-hybridized carbons (Fsp3) is 0.222. The number of halogens is 2. The summed E-state index contributed by atoms with van der Waals surface area (Å²) in [4.78, 5) is 11.2. The lowest BCUT2D eigenvalue weighted by Crippen LogP contribution is -2.06. The lowest BCUT2D eigenvalue weighted by molar-refractivity contribution is -0.114. The summed E-state index contributed by atoms with van der Waals surface area (Å²) >= 11 is 11.5. The molecule has 0 heterocycles. The van der Waals surface area contributed by atoms with E-state index in [4.69, 9.17) is 23.2 Å². The van der Waals surface area contributed by atoms with Crippen LogP contribution in [0.2, 0.25) is 10.0 Å². The van der Waals surface area contributed by atoms with E-state index in [-0.39, 0.29) is 11.5 Å². The quantitative estimate of drug-likeness (QED) is 0.827. The Morgan fingerprint density at radius 1 is 1.43 bits per heavy atom. The molecule has 0 bridgehead atoms. The molecule has 14 heavy (non-hydrogen) atoms. The largest absolute Gasteiger partial charge is 0.299 e. The molecule has 1 atom stereocenters. The average Bonchev–Trinajstić information content (AvgIpc) is 2.08. The molecule has 1 rings (SSSR count). The van der Waals surface area contributed by atoms with E-state index in [0.717, 1.165) is 0 Å². The molecule has 0 aliphatic heterocycles. The van der Waals surface area contributed by atoms with Crippen LogP contribution in [-0.2, 0) is 15.6 Å². The van der Waals surface area contributed by atoms with E-state index in [9.17, 15) is 9.00 Å². The van der Waals surface area contributed by atoms with Crippen LogP contribution in [0.3, 0.4) is 0 Å². The Balaban J connectivity index is 3.00. The summed E-state index contributed by atoms with van der Waals surface area (Å²) in [7, 11) is -1.40. The standard InChI is InChI=1S/C9H8Cl2O2S/c1-6(12)5-14(13)9-4-7(10)2-3-8(9)11/h2-4H,5H2,1H3. The van der Waals surface area contributed by atoms with Gasteiger partial charge >= 0.3 is 0 Å². The Hall–Kier alpha value is -0.380. The Morgan fingerprint density at radius 2 is 2.07 bits per heavy atom. The van der Waals surface area contributed by atoms with Crippen LogP contribution >= 0.6 is 23.2 Å². The minimum atomic E-state index is -1.40. The fourth-order valence-electron chi connectivity index (χ4n) is 0.914. The molecular weight excluding hydrogens is 243 g/mol. The molecule has 0 aliphatic rings. The van der Waals surface area contributed by atoms with Crippen LogP contribution in [0.15, 0.2) is 23.1 Å². The molecule has 76 valence electrons. The van der Waals surface area contributed by atoms with Gasteiger partial charge in [-0.05, 0) is 25.1 Å². The zero-order valence-corrected chi connectivity index (χ0v) is 9.75. The van der Waals surface area contributed by atoms with Gasteiger partial charge in [0, 0.05) is 5.02 Å². The Bertz CT molecular complexity index is 390. The fourth-order valence-corrected chi connectivity index (χ4v) is 2.60. The maximum atomic E-state index is 11.6. The second-order valence-corrected chi connectivity index (χ2v) is 5.03. The number of benzene rings is 1. The maximum Gasteiger partial charge on any atom is 0.142 e. The number of Topliss-reactive ketones (excluding diaryl/α,β-unsaturated/α-hetero) is 1. The predicted molar refractivity (Wildman–Crippen MR) is 58.4 cm³/mol. The van der Waals surface area contributed by atoms with Gasteiger partial charge in [-0.25, -0.2) is 0 Å². The average molecular weight is 251 g/mol. The minimum absolute atomic E-state index is 0.0277. The molecule has 2 nitrogen and oxygen atoms in total. The first kappa shape index (κ1) is 11.7. The summed E-state index contributed by atoms with van der Waals surface area (Å²) in [6.07, 6.45) is 0. The van der Waals surface area contributed by atoms with Crippen molar-refractivity contribution in [2.24, 2.45) is 0 Å². The number of carbonyl (C=O) groups excluding carboxylic acids is 1. The van der Waals surface area contributed by atoms with Crippen molar-refractivity contribution in [2.45, 2.75) is 11.8 Å². The first-order chi connectivity index (χ1) is 6.50. The summed E-state index contributed by atoms with van der Waals surface area (Å²) < 4.78 is 11.6. The highest BCUT2D eigenvalue weighted by Crippen LogP contribution is 2.23. The van der Waals surface area contributed by atoms with Crippen molar-refractivity contribution in [3.05, 3.63) is 28.2 Å². The van der Waals surface area contributed by atoms with E-state index in [2.05, 4.69) is 0 Å². The normalized spacial score (nSPS) is 12.5. The molecule has 0 amide bonds. The van der Waals surface area contributed by atoms with Crippen LogP contribution in [0.1, 0.15) is 6.92 Å². The van der Waals surface area contributed by atoms with Crippen molar-refractivity contribution in [3.8, 4) is 0 Å². The third-order valence-corrected chi connectivity index (χ3v) is 3.65. The molecule has 5 heteroatoms. The van der Waals surface area contributed by atoms with Crippen molar-refractivity contribution < 1.29 is 9.00 Å². The van der Waals surface area contributed by atoms with Gasteiger partial charge in [0.25, 0.3) is 0 Å². The van der Waals surface area contributed by atoms with Gasteiger partial charge in [-0.3, -0.25) is 9.00 Å². The molecule has 1 aromatic rings. The highest BCUT2D eigenvalue weighted by molar-refractivity contribution is 7.85. The molecule has 1 aromatic carbocycles. The number of carbonyl (C=O) groups is 1. The van der Waals surface area contributed by atoms with Crippen LogP contribution in [0.25, 0.3) is 0 Å². The van der Waals surface area contributed by atoms with Crippen molar-refractivity contribution >= 4 is 39.8 Å². The second-order valence-electron chi connectivity index (χ2n) is 2.77. The second kappa shape index (κ2) is 4.91. The van der Waals surface area contributed by atoms with Crippen LogP contribution in [-0.4, -0.2) is 15.7 Å². The molecule has 0 aromatic heterocycles. The number of hydrogen-bond acceptors (Lipinski definition) is 2. The van der Waals surface area contributed by atoms with Gasteiger partial charge in [-0.1, -0.05) is 23.2 Å². The molecule has 1 unspecified atom stereocenters. The van der Waals surface area contributed by atoms with Crippen molar-refractivity contribution in [2.75, 3.05) is 5.75 Å². The first-order valence-corrected chi connectivity index (χ1v) is 5.91. The Labute approximate surface area is 94.7 Å². The van der Waals surface area contributed by atoms with Crippen LogP contribution < -0.4 is 0 Å². The number of hydrogen-bond donors (Lipinski definition) is 0. The van der Waals surface area contributed by atoms with Gasteiger partial charge < -0.3 is 0 Å². The SMILES string of the molecule is CC(=O)CS(=O)c1cc(Cl)ccc1Cl. The van der Waals surface area contributed by atoms with Gasteiger partial charge in [-0.15, -0.1) is 0 Å². The van der Waals surface area contributed by atoms with E-state index in [0.29, 0.717) is 14.9 Å². The highest BCUT2D eigenvalue weighted by Gasteiger charge is 2.11. The molecule has 0 saturated carbocycles. The molecule has 0 aliphatic carbocycles.